The van der Waals surface area contributed by atoms with E-state index in [0.29, 0.717) is 17.8 Å². The van der Waals surface area contributed by atoms with Crippen molar-refractivity contribution in [2.75, 3.05) is 0 Å². The number of rotatable bonds is 3. The Morgan fingerprint density at radius 2 is 2.20 bits per heavy atom. The van der Waals surface area contributed by atoms with Crippen LogP contribution in [0.15, 0.2) is 24.3 Å². The molecule has 0 spiro atoms. The number of benzene rings is 1. The average Bonchev–Trinajstić information content (AvgIpc) is 2.16. The second-order valence-electron chi connectivity index (χ2n) is 4.52. The molecule has 0 heterocycles. The van der Waals surface area contributed by atoms with E-state index in [2.05, 4.69) is 6.07 Å². The third-order valence-corrected chi connectivity index (χ3v) is 3.28. The molecule has 1 aliphatic carbocycles. The minimum Gasteiger partial charge on any atom is -0.378 e. The molecule has 1 unspecified atom stereocenters. The largest absolute Gasteiger partial charge is 0.378 e. The van der Waals surface area contributed by atoms with E-state index in [1.54, 1.807) is 6.07 Å². The van der Waals surface area contributed by atoms with Crippen LogP contribution >= 0.6 is 0 Å². The van der Waals surface area contributed by atoms with Crippen LogP contribution in [0.2, 0.25) is 0 Å². The van der Waals surface area contributed by atoms with Gasteiger partial charge in [0.25, 0.3) is 0 Å². The molecule has 1 saturated carbocycles. The van der Waals surface area contributed by atoms with E-state index < -0.39 is 5.60 Å². The van der Waals surface area contributed by atoms with Gasteiger partial charge in [-0.15, -0.1) is 0 Å². The zero-order chi connectivity index (χ0) is 10.9. The highest BCUT2D eigenvalue weighted by Crippen LogP contribution is 2.37. The van der Waals surface area contributed by atoms with Crippen molar-refractivity contribution in [1.29, 1.82) is 0 Å². The Bertz CT molecular complexity index is 365. The lowest BCUT2D eigenvalue weighted by Gasteiger charge is -2.27. The van der Waals surface area contributed by atoms with Crippen molar-refractivity contribution in [3.8, 4) is 0 Å². The van der Waals surface area contributed by atoms with Crippen LogP contribution in [0.4, 0.5) is 0 Å². The number of aldehydes is 1. The molecule has 15 heavy (non-hydrogen) atoms. The van der Waals surface area contributed by atoms with Crippen molar-refractivity contribution in [2.24, 2.45) is 0 Å². The van der Waals surface area contributed by atoms with Crippen LogP contribution in [0.1, 0.15) is 43.2 Å². The first kappa shape index (κ1) is 10.4. The lowest BCUT2D eigenvalue weighted by atomic mass is 9.79. The van der Waals surface area contributed by atoms with Gasteiger partial charge < -0.3 is 5.11 Å². The van der Waals surface area contributed by atoms with E-state index in [9.17, 15) is 9.90 Å². The molecule has 0 aliphatic heterocycles. The van der Waals surface area contributed by atoms with Gasteiger partial charge >= 0.3 is 0 Å². The van der Waals surface area contributed by atoms with E-state index >= 15 is 0 Å². The molecule has 0 saturated heterocycles. The summed E-state index contributed by atoms with van der Waals surface area (Å²) in [6, 6.07) is 7.75. The van der Waals surface area contributed by atoms with Gasteiger partial charge in [-0.05, 0) is 36.8 Å². The van der Waals surface area contributed by atoms with Gasteiger partial charge in [0.05, 0.1) is 0 Å². The normalized spacial score (nSPS) is 20.4. The van der Waals surface area contributed by atoms with E-state index in [1.165, 1.54) is 31.7 Å². The van der Waals surface area contributed by atoms with Crippen LogP contribution in [0.25, 0.3) is 0 Å². The molecule has 1 N–H and O–H groups in total. The van der Waals surface area contributed by atoms with E-state index in [1.807, 2.05) is 12.1 Å². The predicted octanol–water partition coefficient (Wildman–Crippen LogP) is 2.36. The highest BCUT2D eigenvalue weighted by Gasteiger charge is 2.25. The average molecular weight is 204 g/mol. The Labute approximate surface area is 89.9 Å². The number of aliphatic hydroxyl groups is 1. The van der Waals surface area contributed by atoms with Crippen LogP contribution in [-0.2, 0) is 10.4 Å². The molecule has 0 aromatic heterocycles. The van der Waals surface area contributed by atoms with Crippen molar-refractivity contribution >= 4 is 6.29 Å². The number of carbonyl (C=O) groups excluding carboxylic acids is 1. The van der Waals surface area contributed by atoms with Crippen LogP contribution in [0, 0.1) is 0 Å². The zero-order valence-electron chi connectivity index (χ0n) is 8.94. The Kier molecular flexibility index (Phi) is 2.61. The first-order valence-corrected chi connectivity index (χ1v) is 5.42. The second kappa shape index (κ2) is 3.78. The summed E-state index contributed by atoms with van der Waals surface area (Å²) in [5.74, 6) is 0.632. The van der Waals surface area contributed by atoms with Crippen LogP contribution < -0.4 is 0 Å². The number of hydrogen-bond donors (Lipinski definition) is 1. The molecule has 0 radical (unpaired) electrons. The SMILES string of the molecule is CC(O)(C=O)c1cccc(C2CCC2)c1. The molecule has 1 fully saturated rings. The minimum atomic E-state index is -1.35. The second-order valence-corrected chi connectivity index (χ2v) is 4.52. The van der Waals surface area contributed by atoms with Gasteiger partial charge in [-0.1, -0.05) is 30.7 Å². The first-order valence-electron chi connectivity index (χ1n) is 5.42. The maximum atomic E-state index is 10.7. The molecule has 0 bridgehead atoms. The Morgan fingerprint density at radius 1 is 1.47 bits per heavy atom. The fourth-order valence-corrected chi connectivity index (χ4v) is 1.92. The van der Waals surface area contributed by atoms with Crippen LogP contribution in [0.5, 0.6) is 0 Å². The minimum absolute atomic E-state index is 0.590. The summed E-state index contributed by atoms with van der Waals surface area (Å²) in [6.45, 7) is 1.53. The maximum Gasteiger partial charge on any atom is 0.155 e. The molecule has 2 nitrogen and oxygen atoms in total. The summed E-state index contributed by atoms with van der Waals surface area (Å²) in [6.07, 6.45) is 4.34. The van der Waals surface area contributed by atoms with Gasteiger partial charge in [0.1, 0.15) is 5.60 Å². The summed E-state index contributed by atoms with van der Waals surface area (Å²) in [4.78, 5) is 10.7. The lowest BCUT2D eigenvalue weighted by Crippen LogP contribution is -2.23. The Hall–Kier alpha value is -1.15. The summed E-state index contributed by atoms with van der Waals surface area (Å²) >= 11 is 0. The molecule has 1 aliphatic rings. The molecule has 80 valence electrons. The van der Waals surface area contributed by atoms with Crippen LogP contribution in [0.3, 0.4) is 0 Å². The smallest absolute Gasteiger partial charge is 0.155 e. The van der Waals surface area contributed by atoms with Gasteiger partial charge in [0.2, 0.25) is 0 Å². The van der Waals surface area contributed by atoms with Gasteiger partial charge in [-0.3, -0.25) is 4.79 Å². The standard InChI is InChI=1S/C13H16O2/c1-13(15,9-14)12-7-3-6-11(8-12)10-4-2-5-10/h3,6-10,15H,2,4-5H2,1H3. The van der Waals surface area contributed by atoms with Crippen LogP contribution in [-0.4, -0.2) is 11.4 Å². The molecule has 1 aromatic carbocycles. The highest BCUT2D eigenvalue weighted by molar-refractivity contribution is 5.65. The van der Waals surface area contributed by atoms with Crippen molar-refractivity contribution in [3.63, 3.8) is 0 Å². The predicted molar refractivity (Wildman–Crippen MR) is 58.7 cm³/mol. The molecule has 1 atom stereocenters. The van der Waals surface area contributed by atoms with Gasteiger partial charge in [-0.25, -0.2) is 0 Å². The molecule has 2 rings (SSSR count). The summed E-state index contributed by atoms with van der Waals surface area (Å²) in [5.41, 5.74) is 0.600. The monoisotopic (exact) mass is 204 g/mol. The fourth-order valence-electron chi connectivity index (χ4n) is 1.92. The van der Waals surface area contributed by atoms with E-state index in [-0.39, 0.29) is 0 Å². The summed E-state index contributed by atoms with van der Waals surface area (Å²) in [5, 5.41) is 9.82. The van der Waals surface area contributed by atoms with Crippen molar-refractivity contribution < 1.29 is 9.90 Å². The lowest BCUT2D eigenvalue weighted by molar-refractivity contribution is -0.123. The van der Waals surface area contributed by atoms with E-state index in [4.69, 9.17) is 0 Å². The maximum absolute atomic E-state index is 10.7. The van der Waals surface area contributed by atoms with Crippen molar-refractivity contribution in [2.45, 2.75) is 37.7 Å². The highest BCUT2D eigenvalue weighted by atomic mass is 16.3. The topological polar surface area (TPSA) is 37.3 Å². The molecule has 2 heteroatoms. The molecular weight excluding hydrogens is 188 g/mol. The van der Waals surface area contributed by atoms with Crippen molar-refractivity contribution in [1.82, 2.24) is 0 Å². The van der Waals surface area contributed by atoms with E-state index in [0.717, 1.165) is 0 Å². The molecular formula is C13H16O2. The summed E-state index contributed by atoms with van der Waals surface area (Å²) in [7, 11) is 0. The van der Waals surface area contributed by atoms with Gasteiger partial charge in [-0.2, -0.15) is 0 Å². The zero-order valence-corrected chi connectivity index (χ0v) is 8.94. The first-order chi connectivity index (χ1) is 7.13. The summed E-state index contributed by atoms with van der Waals surface area (Å²) < 4.78 is 0. The number of carbonyl (C=O) groups is 1. The number of hydrogen-bond acceptors (Lipinski definition) is 2. The molecule has 0 amide bonds. The third kappa shape index (κ3) is 1.95. The Balaban J connectivity index is 2.29. The van der Waals surface area contributed by atoms with Crippen molar-refractivity contribution in [3.05, 3.63) is 35.4 Å². The Morgan fingerprint density at radius 3 is 2.73 bits per heavy atom. The molecule has 1 aromatic rings. The third-order valence-electron chi connectivity index (χ3n) is 3.28. The fraction of sp³-hybridized carbons (Fsp3) is 0.462. The van der Waals surface area contributed by atoms with Gasteiger partial charge in [0, 0.05) is 0 Å². The van der Waals surface area contributed by atoms with Gasteiger partial charge in [0.15, 0.2) is 6.29 Å². The quantitative estimate of drug-likeness (QED) is 0.767.